The van der Waals surface area contributed by atoms with Gasteiger partial charge in [-0.25, -0.2) is 0 Å². The maximum Gasteiger partial charge on any atom is 0.0774 e. The Morgan fingerprint density at radius 3 is 2.67 bits per heavy atom. The summed E-state index contributed by atoms with van der Waals surface area (Å²) in [5, 5.41) is 10.3. The number of allylic oxidation sites excluding steroid dienone is 1. The molecule has 2 heteroatoms. The zero-order chi connectivity index (χ0) is 10.7. The first-order chi connectivity index (χ1) is 7.20. The minimum atomic E-state index is -0.389. The van der Waals surface area contributed by atoms with Crippen molar-refractivity contribution in [3.05, 3.63) is 12.2 Å². The Bertz CT molecular complexity index is 231. The van der Waals surface area contributed by atoms with Crippen LogP contribution in [0.2, 0.25) is 0 Å². The molecule has 0 aromatic carbocycles. The molecule has 2 rings (SSSR count). The van der Waals surface area contributed by atoms with E-state index in [1.54, 1.807) is 0 Å². The smallest absolute Gasteiger partial charge is 0.0774 e. The lowest BCUT2D eigenvalue weighted by Gasteiger charge is -2.34. The van der Waals surface area contributed by atoms with Crippen molar-refractivity contribution < 1.29 is 5.11 Å². The molecule has 1 N–H and O–H groups in total. The predicted octanol–water partition coefficient (Wildman–Crippen LogP) is 2.33. The second-order valence-corrected chi connectivity index (χ2v) is 5.27. The third kappa shape index (κ3) is 2.82. The lowest BCUT2D eigenvalue weighted by molar-refractivity contribution is 0.00882. The van der Waals surface area contributed by atoms with Crippen LogP contribution in [-0.4, -0.2) is 35.2 Å². The molecule has 0 bridgehead atoms. The zero-order valence-corrected chi connectivity index (χ0v) is 9.78. The molecule has 0 aliphatic heterocycles. The van der Waals surface area contributed by atoms with Gasteiger partial charge in [-0.1, -0.05) is 25.0 Å². The summed E-state index contributed by atoms with van der Waals surface area (Å²) < 4.78 is 0. The molecule has 2 aliphatic rings. The molecule has 15 heavy (non-hydrogen) atoms. The number of nitrogens with zero attached hydrogens (tertiary/aromatic N) is 1. The van der Waals surface area contributed by atoms with Crippen molar-refractivity contribution in [1.82, 2.24) is 4.90 Å². The number of aliphatic hydroxyl groups is 1. The highest BCUT2D eigenvalue weighted by Crippen LogP contribution is 2.31. The van der Waals surface area contributed by atoms with Gasteiger partial charge in [0, 0.05) is 12.6 Å². The molecule has 0 saturated heterocycles. The van der Waals surface area contributed by atoms with Crippen molar-refractivity contribution in [3.8, 4) is 0 Å². The first-order valence-electron chi connectivity index (χ1n) is 6.29. The van der Waals surface area contributed by atoms with Crippen LogP contribution in [0.25, 0.3) is 0 Å². The van der Waals surface area contributed by atoms with Crippen LogP contribution < -0.4 is 0 Å². The monoisotopic (exact) mass is 209 g/mol. The average molecular weight is 209 g/mol. The van der Waals surface area contributed by atoms with Crippen LogP contribution in [0.4, 0.5) is 0 Å². The minimum Gasteiger partial charge on any atom is -0.389 e. The Labute approximate surface area is 93.0 Å². The summed E-state index contributed by atoms with van der Waals surface area (Å²) >= 11 is 0. The van der Waals surface area contributed by atoms with Crippen LogP contribution in [0.3, 0.4) is 0 Å². The molecular weight excluding hydrogens is 186 g/mol. The molecule has 86 valence electrons. The summed E-state index contributed by atoms with van der Waals surface area (Å²) in [6.07, 6.45) is 12.8. The van der Waals surface area contributed by atoms with Crippen LogP contribution in [0.15, 0.2) is 12.2 Å². The first-order valence-corrected chi connectivity index (χ1v) is 6.29. The second-order valence-electron chi connectivity index (χ2n) is 5.27. The first kappa shape index (κ1) is 11.2. The molecule has 1 unspecified atom stereocenters. The van der Waals surface area contributed by atoms with Gasteiger partial charge in [0.1, 0.15) is 0 Å². The molecule has 0 spiro atoms. The average Bonchev–Trinajstić information content (AvgIpc) is 2.66. The summed E-state index contributed by atoms with van der Waals surface area (Å²) in [5.41, 5.74) is -0.389. The zero-order valence-electron chi connectivity index (χ0n) is 9.78. The van der Waals surface area contributed by atoms with Crippen LogP contribution in [-0.2, 0) is 0 Å². The molecule has 1 saturated carbocycles. The van der Waals surface area contributed by atoms with E-state index in [2.05, 4.69) is 24.1 Å². The van der Waals surface area contributed by atoms with Crippen molar-refractivity contribution in [3.63, 3.8) is 0 Å². The van der Waals surface area contributed by atoms with Gasteiger partial charge in [-0.3, -0.25) is 4.90 Å². The molecule has 0 amide bonds. The van der Waals surface area contributed by atoms with Crippen molar-refractivity contribution >= 4 is 0 Å². The highest BCUT2D eigenvalue weighted by atomic mass is 16.3. The quantitative estimate of drug-likeness (QED) is 0.721. The summed E-state index contributed by atoms with van der Waals surface area (Å²) in [6, 6.07) is 0.559. The van der Waals surface area contributed by atoms with E-state index in [0.29, 0.717) is 6.04 Å². The van der Waals surface area contributed by atoms with Crippen LogP contribution >= 0.6 is 0 Å². The Morgan fingerprint density at radius 2 is 2.07 bits per heavy atom. The Morgan fingerprint density at radius 1 is 1.33 bits per heavy atom. The molecular formula is C13H23NO. The Kier molecular flexibility index (Phi) is 3.47. The number of likely N-dealkylation sites (N-methyl/N-ethyl adjacent to an activating group) is 1. The van der Waals surface area contributed by atoms with Crippen molar-refractivity contribution in [2.45, 2.75) is 56.6 Å². The van der Waals surface area contributed by atoms with Crippen molar-refractivity contribution in [2.75, 3.05) is 13.6 Å². The SMILES string of the molecule is CN(CC1(O)CCCC1)C1C=CCCC1. The molecule has 1 atom stereocenters. The van der Waals surface area contributed by atoms with E-state index >= 15 is 0 Å². The number of rotatable bonds is 3. The third-order valence-electron chi connectivity index (χ3n) is 3.87. The second kappa shape index (κ2) is 4.67. The van der Waals surface area contributed by atoms with Gasteiger partial charge < -0.3 is 5.11 Å². The minimum absolute atomic E-state index is 0.389. The molecule has 2 nitrogen and oxygen atoms in total. The van der Waals surface area contributed by atoms with E-state index in [1.807, 2.05) is 0 Å². The van der Waals surface area contributed by atoms with Crippen LogP contribution in [0.1, 0.15) is 44.9 Å². The standard InChI is InChI=1S/C13H23NO/c1-14(12-7-3-2-4-8-12)11-13(15)9-5-6-10-13/h3,7,12,15H,2,4-6,8-11H2,1H3. The lowest BCUT2D eigenvalue weighted by Crippen LogP contribution is -2.43. The maximum atomic E-state index is 10.3. The van der Waals surface area contributed by atoms with Gasteiger partial charge >= 0.3 is 0 Å². The number of hydrogen-bond donors (Lipinski definition) is 1. The Balaban J connectivity index is 1.87. The predicted molar refractivity (Wildman–Crippen MR) is 62.8 cm³/mol. The molecule has 0 aromatic heterocycles. The van der Waals surface area contributed by atoms with Gasteiger partial charge in [0.25, 0.3) is 0 Å². The van der Waals surface area contributed by atoms with Crippen molar-refractivity contribution in [1.29, 1.82) is 0 Å². The van der Waals surface area contributed by atoms with E-state index in [1.165, 1.54) is 32.1 Å². The van der Waals surface area contributed by atoms with Gasteiger partial charge in [-0.05, 0) is 39.2 Å². The summed E-state index contributed by atoms with van der Waals surface area (Å²) in [6.45, 7) is 0.849. The molecule has 1 fully saturated rings. The largest absolute Gasteiger partial charge is 0.389 e. The summed E-state index contributed by atoms with van der Waals surface area (Å²) in [4.78, 5) is 2.33. The van der Waals surface area contributed by atoms with Gasteiger partial charge in [-0.15, -0.1) is 0 Å². The topological polar surface area (TPSA) is 23.5 Å². The highest BCUT2D eigenvalue weighted by molar-refractivity contribution is 4.99. The number of hydrogen-bond acceptors (Lipinski definition) is 2. The molecule has 0 aromatic rings. The molecule has 2 aliphatic carbocycles. The summed E-state index contributed by atoms with van der Waals surface area (Å²) in [7, 11) is 2.15. The van der Waals surface area contributed by atoms with E-state index in [4.69, 9.17) is 0 Å². The van der Waals surface area contributed by atoms with Crippen molar-refractivity contribution in [2.24, 2.45) is 0 Å². The lowest BCUT2D eigenvalue weighted by atomic mass is 9.97. The van der Waals surface area contributed by atoms with Crippen LogP contribution in [0, 0.1) is 0 Å². The van der Waals surface area contributed by atoms with E-state index in [9.17, 15) is 5.11 Å². The van der Waals surface area contributed by atoms with Gasteiger partial charge in [0.2, 0.25) is 0 Å². The fraction of sp³-hybridized carbons (Fsp3) is 0.846. The van der Waals surface area contributed by atoms with Crippen LogP contribution in [0.5, 0.6) is 0 Å². The normalized spacial score (nSPS) is 29.9. The third-order valence-corrected chi connectivity index (χ3v) is 3.87. The molecule has 0 radical (unpaired) electrons. The summed E-state index contributed by atoms with van der Waals surface area (Å²) in [5.74, 6) is 0. The fourth-order valence-electron chi connectivity index (χ4n) is 2.93. The van der Waals surface area contributed by atoms with E-state index < -0.39 is 0 Å². The molecule has 0 heterocycles. The van der Waals surface area contributed by atoms with Gasteiger partial charge in [0.05, 0.1) is 5.60 Å². The fourth-order valence-corrected chi connectivity index (χ4v) is 2.93. The Hall–Kier alpha value is -0.340. The maximum absolute atomic E-state index is 10.3. The highest BCUT2D eigenvalue weighted by Gasteiger charge is 2.33. The van der Waals surface area contributed by atoms with E-state index in [-0.39, 0.29) is 5.60 Å². The van der Waals surface area contributed by atoms with Gasteiger partial charge in [0.15, 0.2) is 0 Å². The van der Waals surface area contributed by atoms with E-state index in [0.717, 1.165) is 19.4 Å². The van der Waals surface area contributed by atoms with Gasteiger partial charge in [-0.2, -0.15) is 0 Å².